The monoisotopic (exact) mass is 380 g/mol. The molecule has 27 heavy (non-hydrogen) atoms. The van der Waals surface area contributed by atoms with Gasteiger partial charge in [0.15, 0.2) is 11.5 Å². The van der Waals surface area contributed by atoms with Crippen LogP contribution in [0.4, 0.5) is 0 Å². The Bertz CT molecular complexity index is 609. The molecule has 0 saturated carbocycles. The van der Waals surface area contributed by atoms with Crippen molar-refractivity contribution in [2.45, 2.75) is 45.4 Å². The summed E-state index contributed by atoms with van der Waals surface area (Å²) in [5.74, 6) is 1.38. The second-order valence-corrected chi connectivity index (χ2v) is 6.04. The van der Waals surface area contributed by atoms with E-state index in [1.807, 2.05) is 0 Å². The van der Waals surface area contributed by atoms with Crippen LogP contribution in [0.25, 0.3) is 6.08 Å². The van der Waals surface area contributed by atoms with E-state index in [1.165, 1.54) is 60.2 Å². The number of carbonyl (C=O) groups is 1. The van der Waals surface area contributed by atoms with Crippen molar-refractivity contribution in [3.05, 3.63) is 17.7 Å². The van der Waals surface area contributed by atoms with Gasteiger partial charge in [0.25, 0.3) is 0 Å². The highest BCUT2D eigenvalue weighted by Crippen LogP contribution is 2.46. The fraction of sp³-hybridized carbons (Fsp3) is 0.571. The average Bonchev–Trinajstić information content (AvgIpc) is 2.69. The van der Waals surface area contributed by atoms with Crippen LogP contribution in [-0.2, 0) is 9.53 Å². The molecule has 0 bridgehead atoms. The van der Waals surface area contributed by atoms with E-state index in [2.05, 4.69) is 6.92 Å². The SMILES string of the molecule is CCCCCCCCOC(=O)C=Cc1cc(OC)c(OC)c(OC)c1OC. The molecule has 0 radical (unpaired) electrons. The van der Waals surface area contributed by atoms with Gasteiger partial charge in [-0.05, 0) is 18.6 Å². The van der Waals surface area contributed by atoms with Crippen LogP contribution >= 0.6 is 0 Å². The lowest BCUT2D eigenvalue weighted by Crippen LogP contribution is -2.03. The van der Waals surface area contributed by atoms with Crippen LogP contribution in [0.2, 0.25) is 0 Å². The van der Waals surface area contributed by atoms with Crippen molar-refractivity contribution in [2.24, 2.45) is 0 Å². The minimum absolute atomic E-state index is 0.389. The average molecular weight is 380 g/mol. The normalized spacial score (nSPS) is 10.7. The number of hydrogen-bond donors (Lipinski definition) is 0. The Labute approximate surface area is 162 Å². The summed E-state index contributed by atoms with van der Waals surface area (Å²) in [4.78, 5) is 11.9. The van der Waals surface area contributed by atoms with E-state index in [-0.39, 0.29) is 5.97 Å². The number of benzene rings is 1. The summed E-state index contributed by atoms with van der Waals surface area (Å²) in [6.45, 7) is 2.62. The molecule has 0 spiro atoms. The van der Waals surface area contributed by atoms with E-state index in [4.69, 9.17) is 23.7 Å². The molecular formula is C21H32O6. The molecule has 0 amide bonds. The number of carbonyl (C=O) groups excluding carboxylic acids is 1. The second-order valence-electron chi connectivity index (χ2n) is 6.04. The first-order valence-corrected chi connectivity index (χ1v) is 9.34. The lowest BCUT2D eigenvalue weighted by atomic mass is 10.1. The molecule has 0 aromatic heterocycles. The van der Waals surface area contributed by atoms with Gasteiger partial charge in [-0.2, -0.15) is 0 Å². The van der Waals surface area contributed by atoms with Crippen LogP contribution in [0.3, 0.4) is 0 Å². The predicted octanol–water partition coefficient (Wildman–Crippen LogP) is 4.64. The summed E-state index contributed by atoms with van der Waals surface area (Å²) in [5, 5.41) is 0. The highest BCUT2D eigenvalue weighted by Gasteiger charge is 2.20. The molecule has 1 rings (SSSR count). The van der Waals surface area contributed by atoms with E-state index in [0.717, 1.165) is 12.8 Å². The summed E-state index contributed by atoms with van der Waals surface area (Å²) < 4.78 is 26.7. The smallest absolute Gasteiger partial charge is 0.330 e. The standard InChI is InChI=1S/C21H32O6/c1-6-7-8-9-10-11-14-27-18(22)13-12-16-15-17(23-2)20(25-4)21(26-5)19(16)24-3/h12-13,15H,6-11,14H2,1-5H3. The summed E-state index contributed by atoms with van der Waals surface area (Å²) >= 11 is 0. The van der Waals surface area contributed by atoms with Crippen LogP contribution in [0.15, 0.2) is 12.1 Å². The number of ether oxygens (including phenoxy) is 5. The summed E-state index contributed by atoms with van der Waals surface area (Å²) in [6, 6.07) is 1.72. The molecule has 0 unspecified atom stereocenters. The molecule has 0 heterocycles. The Hall–Kier alpha value is -2.37. The largest absolute Gasteiger partial charge is 0.493 e. The Balaban J connectivity index is 2.72. The number of esters is 1. The Kier molecular flexibility index (Phi) is 10.8. The molecule has 0 aliphatic heterocycles. The maximum Gasteiger partial charge on any atom is 0.330 e. The molecule has 1 aromatic rings. The topological polar surface area (TPSA) is 63.2 Å². The van der Waals surface area contributed by atoms with Crippen molar-refractivity contribution in [3.8, 4) is 23.0 Å². The minimum atomic E-state index is -0.389. The molecule has 0 fully saturated rings. The molecular weight excluding hydrogens is 348 g/mol. The third-order valence-electron chi connectivity index (χ3n) is 4.16. The van der Waals surface area contributed by atoms with E-state index in [1.54, 1.807) is 12.1 Å². The van der Waals surface area contributed by atoms with Gasteiger partial charge >= 0.3 is 5.97 Å². The first-order chi connectivity index (χ1) is 13.1. The van der Waals surface area contributed by atoms with E-state index < -0.39 is 0 Å². The van der Waals surface area contributed by atoms with Gasteiger partial charge in [-0.1, -0.05) is 39.0 Å². The van der Waals surface area contributed by atoms with Gasteiger partial charge in [0, 0.05) is 11.6 Å². The number of rotatable bonds is 13. The zero-order valence-electron chi connectivity index (χ0n) is 17.1. The lowest BCUT2D eigenvalue weighted by Gasteiger charge is -2.17. The number of hydrogen-bond acceptors (Lipinski definition) is 6. The summed E-state index contributed by atoms with van der Waals surface area (Å²) in [5.41, 5.74) is 0.628. The molecule has 1 aromatic carbocycles. The van der Waals surface area contributed by atoms with Crippen LogP contribution in [0, 0.1) is 0 Å². The third kappa shape index (κ3) is 7.04. The minimum Gasteiger partial charge on any atom is -0.493 e. The number of methoxy groups -OCH3 is 4. The Morgan fingerprint density at radius 1 is 0.852 bits per heavy atom. The van der Waals surface area contributed by atoms with E-state index in [9.17, 15) is 4.79 Å². The highest BCUT2D eigenvalue weighted by molar-refractivity contribution is 5.88. The van der Waals surface area contributed by atoms with Crippen LogP contribution in [0.1, 0.15) is 51.0 Å². The summed E-state index contributed by atoms with van der Waals surface area (Å²) in [7, 11) is 6.10. The molecule has 6 heteroatoms. The van der Waals surface area contributed by atoms with Gasteiger partial charge in [-0.3, -0.25) is 0 Å². The third-order valence-corrected chi connectivity index (χ3v) is 4.16. The molecule has 0 aliphatic rings. The van der Waals surface area contributed by atoms with Crippen LogP contribution < -0.4 is 18.9 Å². The second kappa shape index (κ2) is 12.9. The van der Waals surface area contributed by atoms with E-state index in [0.29, 0.717) is 35.2 Å². The lowest BCUT2D eigenvalue weighted by molar-refractivity contribution is -0.137. The van der Waals surface area contributed by atoms with Crippen molar-refractivity contribution in [3.63, 3.8) is 0 Å². The molecule has 0 atom stereocenters. The number of unbranched alkanes of at least 4 members (excludes halogenated alkanes) is 5. The van der Waals surface area contributed by atoms with Gasteiger partial charge in [-0.25, -0.2) is 4.79 Å². The zero-order chi connectivity index (χ0) is 20.1. The Morgan fingerprint density at radius 3 is 2.07 bits per heavy atom. The van der Waals surface area contributed by atoms with Crippen molar-refractivity contribution in [1.29, 1.82) is 0 Å². The fourth-order valence-electron chi connectivity index (χ4n) is 2.74. The van der Waals surface area contributed by atoms with Crippen molar-refractivity contribution in [1.82, 2.24) is 0 Å². The molecule has 0 aliphatic carbocycles. The maximum absolute atomic E-state index is 11.9. The quantitative estimate of drug-likeness (QED) is 0.282. The van der Waals surface area contributed by atoms with E-state index >= 15 is 0 Å². The Morgan fingerprint density at radius 2 is 1.48 bits per heavy atom. The van der Waals surface area contributed by atoms with Gasteiger partial charge in [0.05, 0.1) is 35.0 Å². The van der Waals surface area contributed by atoms with Gasteiger partial charge in [0.1, 0.15) is 0 Å². The molecule has 0 N–H and O–H groups in total. The maximum atomic E-state index is 11.9. The van der Waals surface area contributed by atoms with Crippen LogP contribution in [0.5, 0.6) is 23.0 Å². The van der Waals surface area contributed by atoms with Crippen molar-refractivity contribution >= 4 is 12.0 Å². The molecule has 152 valence electrons. The van der Waals surface area contributed by atoms with Gasteiger partial charge in [0.2, 0.25) is 11.5 Å². The zero-order valence-corrected chi connectivity index (χ0v) is 17.1. The van der Waals surface area contributed by atoms with Crippen LogP contribution in [-0.4, -0.2) is 41.0 Å². The fourth-order valence-corrected chi connectivity index (χ4v) is 2.74. The predicted molar refractivity (Wildman–Crippen MR) is 106 cm³/mol. The van der Waals surface area contributed by atoms with Gasteiger partial charge < -0.3 is 23.7 Å². The molecule has 0 saturated heterocycles. The van der Waals surface area contributed by atoms with Gasteiger partial charge in [-0.15, -0.1) is 0 Å². The first kappa shape index (κ1) is 22.7. The first-order valence-electron chi connectivity index (χ1n) is 9.34. The van der Waals surface area contributed by atoms with Crippen molar-refractivity contribution < 1.29 is 28.5 Å². The molecule has 6 nitrogen and oxygen atoms in total. The van der Waals surface area contributed by atoms with Crippen molar-refractivity contribution in [2.75, 3.05) is 35.0 Å². The summed E-state index contributed by atoms with van der Waals surface area (Å²) in [6.07, 6.45) is 9.88. The highest BCUT2D eigenvalue weighted by atomic mass is 16.5.